The number of furan rings is 1. The standard InChI is InChI=1S/C23H27NO3S/c1-15-13-22-19(18-7-5-6-8-21(18)27-22)14-20(15)24-28(25,26)17-11-9-16(10-12-17)23(2,3)4/h9-14,24H,5-8H2,1-4H3. The molecular formula is C23H27NO3S. The average Bonchev–Trinajstić information content (AvgIpc) is 2.98. The largest absolute Gasteiger partial charge is 0.461 e. The van der Waals surface area contributed by atoms with Crippen molar-refractivity contribution in [2.75, 3.05) is 4.72 Å². The van der Waals surface area contributed by atoms with Crippen LogP contribution in [0.4, 0.5) is 5.69 Å². The molecule has 148 valence electrons. The van der Waals surface area contributed by atoms with Crippen molar-refractivity contribution in [3.63, 3.8) is 0 Å². The maximum Gasteiger partial charge on any atom is 0.261 e. The van der Waals surface area contributed by atoms with Gasteiger partial charge in [-0.2, -0.15) is 0 Å². The molecule has 0 saturated heterocycles. The van der Waals surface area contributed by atoms with Crippen molar-refractivity contribution in [1.82, 2.24) is 0 Å². The Morgan fingerprint density at radius 1 is 1.00 bits per heavy atom. The quantitative estimate of drug-likeness (QED) is 0.615. The van der Waals surface area contributed by atoms with E-state index in [0.29, 0.717) is 5.69 Å². The lowest BCUT2D eigenvalue weighted by atomic mass is 9.87. The number of rotatable bonds is 3. The van der Waals surface area contributed by atoms with Gasteiger partial charge in [-0.25, -0.2) is 8.42 Å². The molecule has 0 fully saturated rings. The summed E-state index contributed by atoms with van der Waals surface area (Å²) in [5, 5.41) is 1.03. The van der Waals surface area contributed by atoms with Crippen LogP contribution >= 0.6 is 0 Å². The van der Waals surface area contributed by atoms with Gasteiger partial charge in [-0.3, -0.25) is 4.72 Å². The van der Waals surface area contributed by atoms with Crippen molar-refractivity contribution in [1.29, 1.82) is 0 Å². The Morgan fingerprint density at radius 3 is 2.36 bits per heavy atom. The average molecular weight is 398 g/mol. The molecule has 1 heterocycles. The number of hydrogen-bond donors (Lipinski definition) is 1. The van der Waals surface area contributed by atoms with Crippen LogP contribution in [0.15, 0.2) is 45.7 Å². The summed E-state index contributed by atoms with van der Waals surface area (Å²) in [4.78, 5) is 0.272. The molecule has 5 heteroatoms. The number of benzene rings is 2. The fourth-order valence-electron chi connectivity index (χ4n) is 3.86. The molecule has 0 saturated carbocycles. The highest BCUT2D eigenvalue weighted by Crippen LogP contribution is 2.35. The number of nitrogens with one attached hydrogen (secondary N) is 1. The molecule has 1 aromatic heterocycles. The Balaban J connectivity index is 1.69. The SMILES string of the molecule is Cc1cc2oc3c(c2cc1NS(=O)(=O)c1ccc(C(C)(C)C)cc1)CCCC3. The Labute approximate surface area is 167 Å². The lowest BCUT2D eigenvalue weighted by molar-refractivity contribution is 0.506. The van der Waals surface area contributed by atoms with Gasteiger partial charge in [0.15, 0.2) is 0 Å². The molecule has 0 amide bonds. The van der Waals surface area contributed by atoms with Crippen molar-refractivity contribution >= 4 is 26.7 Å². The molecule has 1 N–H and O–H groups in total. The second kappa shape index (κ2) is 6.66. The zero-order valence-electron chi connectivity index (χ0n) is 16.9. The van der Waals surface area contributed by atoms with E-state index in [-0.39, 0.29) is 10.3 Å². The molecule has 0 bridgehead atoms. The third kappa shape index (κ3) is 3.44. The van der Waals surface area contributed by atoms with E-state index >= 15 is 0 Å². The Kier molecular flexibility index (Phi) is 4.53. The van der Waals surface area contributed by atoms with E-state index in [0.717, 1.165) is 53.5 Å². The minimum absolute atomic E-state index is 0.0162. The third-order valence-corrected chi connectivity index (χ3v) is 6.96. The first kappa shape index (κ1) is 19.1. The van der Waals surface area contributed by atoms with Gasteiger partial charge in [0.25, 0.3) is 10.0 Å². The van der Waals surface area contributed by atoms with Crippen molar-refractivity contribution in [2.24, 2.45) is 0 Å². The zero-order valence-corrected chi connectivity index (χ0v) is 17.7. The molecule has 4 nitrogen and oxygen atoms in total. The van der Waals surface area contributed by atoms with Gasteiger partial charge < -0.3 is 4.42 Å². The van der Waals surface area contributed by atoms with Gasteiger partial charge in [-0.05, 0) is 67.0 Å². The van der Waals surface area contributed by atoms with E-state index in [2.05, 4.69) is 25.5 Å². The molecular weight excluding hydrogens is 370 g/mol. The number of anilines is 1. The molecule has 0 spiro atoms. The van der Waals surface area contributed by atoms with Crippen LogP contribution in [0, 0.1) is 6.92 Å². The first-order chi connectivity index (χ1) is 13.1. The molecule has 0 aliphatic heterocycles. The second-order valence-corrected chi connectivity index (χ2v) is 10.4. The molecule has 0 atom stereocenters. The predicted molar refractivity (Wildman–Crippen MR) is 114 cm³/mol. The lowest BCUT2D eigenvalue weighted by Gasteiger charge is -2.19. The van der Waals surface area contributed by atoms with Crippen LogP contribution in [-0.2, 0) is 28.3 Å². The number of sulfonamides is 1. The Morgan fingerprint density at radius 2 is 1.68 bits per heavy atom. The van der Waals surface area contributed by atoms with E-state index in [1.54, 1.807) is 12.1 Å². The molecule has 28 heavy (non-hydrogen) atoms. The van der Waals surface area contributed by atoms with Gasteiger partial charge in [0.05, 0.1) is 10.6 Å². The Hall–Kier alpha value is -2.27. The van der Waals surface area contributed by atoms with Crippen molar-refractivity contribution < 1.29 is 12.8 Å². The first-order valence-electron chi connectivity index (χ1n) is 9.83. The summed E-state index contributed by atoms with van der Waals surface area (Å²) in [6.07, 6.45) is 4.25. The number of aryl methyl sites for hydroxylation is 3. The number of hydrogen-bond acceptors (Lipinski definition) is 3. The summed E-state index contributed by atoms with van der Waals surface area (Å²) < 4.78 is 34.7. The smallest absolute Gasteiger partial charge is 0.261 e. The van der Waals surface area contributed by atoms with Gasteiger partial charge in [-0.1, -0.05) is 32.9 Å². The third-order valence-electron chi connectivity index (χ3n) is 5.58. The minimum Gasteiger partial charge on any atom is -0.461 e. The van der Waals surface area contributed by atoms with Crippen LogP contribution in [0.1, 0.15) is 56.1 Å². The maximum atomic E-state index is 12.9. The van der Waals surface area contributed by atoms with Crippen LogP contribution in [-0.4, -0.2) is 8.42 Å². The van der Waals surface area contributed by atoms with Crippen LogP contribution in [0.3, 0.4) is 0 Å². The molecule has 1 aliphatic carbocycles. The highest BCUT2D eigenvalue weighted by Gasteiger charge is 2.21. The van der Waals surface area contributed by atoms with Crippen molar-refractivity contribution in [3.8, 4) is 0 Å². The maximum absolute atomic E-state index is 12.9. The van der Waals surface area contributed by atoms with Gasteiger partial charge in [0.1, 0.15) is 11.3 Å². The highest BCUT2D eigenvalue weighted by atomic mass is 32.2. The molecule has 0 radical (unpaired) electrons. The molecule has 0 unspecified atom stereocenters. The van der Waals surface area contributed by atoms with Gasteiger partial charge >= 0.3 is 0 Å². The molecule has 3 aromatic rings. The van der Waals surface area contributed by atoms with E-state index in [1.165, 1.54) is 5.56 Å². The van der Waals surface area contributed by atoms with Crippen LogP contribution in [0.2, 0.25) is 0 Å². The summed E-state index contributed by atoms with van der Waals surface area (Å²) >= 11 is 0. The van der Waals surface area contributed by atoms with Gasteiger partial charge in [0.2, 0.25) is 0 Å². The van der Waals surface area contributed by atoms with Crippen LogP contribution in [0.5, 0.6) is 0 Å². The van der Waals surface area contributed by atoms with Crippen molar-refractivity contribution in [2.45, 2.75) is 63.7 Å². The van der Waals surface area contributed by atoms with E-state index in [4.69, 9.17) is 4.42 Å². The lowest BCUT2D eigenvalue weighted by Crippen LogP contribution is -2.15. The summed E-state index contributed by atoms with van der Waals surface area (Å²) in [6, 6.07) is 11.0. The predicted octanol–water partition coefficient (Wildman–Crippen LogP) is 5.72. The summed E-state index contributed by atoms with van der Waals surface area (Å²) in [5.74, 6) is 1.05. The molecule has 4 rings (SSSR count). The Bertz CT molecular complexity index is 1130. The van der Waals surface area contributed by atoms with E-state index < -0.39 is 10.0 Å². The van der Waals surface area contributed by atoms with Gasteiger partial charge in [0, 0.05) is 17.4 Å². The molecule has 2 aromatic carbocycles. The zero-order chi connectivity index (χ0) is 20.1. The number of fused-ring (bicyclic) bond motifs is 3. The summed E-state index contributed by atoms with van der Waals surface area (Å²) in [7, 11) is -3.65. The van der Waals surface area contributed by atoms with Crippen LogP contribution in [0.25, 0.3) is 11.0 Å². The van der Waals surface area contributed by atoms with E-state index in [1.807, 2.05) is 31.2 Å². The second-order valence-electron chi connectivity index (χ2n) is 8.75. The summed E-state index contributed by atoms with van der Waals surface area (Å²) in [6.45, 7) is 8.23. The van der Waals surface area contributed by atoms with Crippen molar-refractivity contribution in [3.05, 3.63) is 58.8 Å². The van der Waals surface area contributed by atoms with E-state index in [9.17, 15) is 8.42 Å². The van der Waals surface area contributed by atoms with Crippen LogP contribution < -0.4 is 4.72 Å². The van der Waals surface area contributed by atoms with Gasteiger partial charge in [-0.15, -0.1) is 0 Å². The normalized spacial score (nSPS) is 14.9. The topological polar surface area (TPSA) is 59.3 Å². The first-order valence-corrected chi connectivity index (χ1v) is 11.3. The highest BCUT2D eigenvalue weighted by molar-refractivity contribution is 7.92. The summed E-state index contributed by atoms with van der Waals surface area (Å²) in [5.41, 5.74) is 4.64. The fourth-order valence-corrected chi connectivity index (χ4v) is 4.98. The monoisotopic (exact) mass is 397 g/mol. The minimum atomic E-state index is -3.65. The fraction of sp³-hybridized carbons (Fsp3) is 0.391. The molecule has 1 aliphatic rings.